The molecule has 0 saturated heterocycles. The van der Waals surface area contributed by atoms with Crippen molar-refractivity contribution < 1.29 is 13.2 Å². The highest BCUT2D eigenvalue weighted by Crippen LogP contribution is 2.34. The van der Waals surface area contributed by atoms with Gasteiger partial charge in [0.1, 0.15) is 5.82 Å². The highest BCUT2D eigenvalue weighted by atomic mass is 32.2. The van der Waals surface area contributed by atoms with Gasteiger partial charge in [0, 0.05) is 19.7 Å². The lowest BCUT2D eigenvalue weighted by Gasteiger charge is -2.16. The summed E-state index contributed by atoms with van der Waals surface area (Å²) in [5.41, 5.74) is 0.577. The van der Waals surface area contributed by atoms with Gasteiger partial charge in [-0.2, -0.15) is 18.4 Å². The Morgan fingerprint density at radius 2 is 1.88 bits per heavy atom. The van der Waals surface area contributed by atoms with Crippen molar-refractivity contribution in [2.24, 2.45) is 4.99 Å². The van der Waals surface area contributed by atoms with E-state index < -0.39 is 11.7 Å². The largest absolute Gasteiger partial charge is 0.416 e. The van der Waals surface area contributed by atoms with E-state index in [4.69, 9.17) is 5.26 Å². The van der Waals surface area contributed by atoms with E-state index in [0.29, 0.717) is 16.4 Å². The minimum Gasteiger partial charge on any atom is -0.363 e. The molecule has 1 aromatic heterocycles. The molecule has 0 spiro atoms. The molecule has 0 aliphatic heterocycles. The molecule has 0 atom stereocenters. The fraction of sp³-hybridized carbons (Fsp3) is 0.235. The number of aliphatic imine (C=N–C) groups is 1. The number of thioether (sulfide) groups is 1. The first kappa shape index (κ1) is 19.6. The van der Waals surface area contributed by atoms with E-state index in [1.165, 1.54) is 16.7 Å². The summed E-state index contributed by atoms with van der Waals surface area (Å²) in [6, 6.07) is 8.64. The Hall–Kier alpha value is -2.73. The zero-order chi connectivity index (χ0) is 19.3. The summed E-state index contributed by atoms with van der Waals surface area (Å²) in [7, 11) is 3.27. The van der Waals surface area contributed by atoms with Crippen LogP contribution in [0.1, 0.15) is 5.56 Å². The van der Waals surface area contributed by atoms with Crippen molar-refractivity contribution in [1.29, 1.82) is 5.26 Å². The molecule has 1 aromatic carbocycles. The molecule has 136 valence electrons. The number of nitrogens with one attached hydrogen (secondary N) is 1. The maximum absolute atomic E-state index is 13.1. The van der Waals surface area contributed by atoms with Crippen LogP contribution in [0.5, 0.6) is 0 Å². The molecule has 2 rings (SSSR count). The highest BCUT2D eigenvalue weighted by Gasteiger charge is 2.32. The summed E-state index contributed by atoms with van der Waals surface area (Å²) in [6.07, 6.45) is -0.894. The number of nitrogens with zero attached hydrogens (tertiary/aromatic N) is 4. The number of anilines is 1. The van der Waals surface area contributed by atoms with E-state index in [0.717, 1.165) is 12.1 Å². The van der Waals surface area contributed by atoms with Crippen molar-refractivity contribution in [2.75, 3.05) is 25.3 Å². The zero-order valence-electron chi connectivity index (χ0n) is 14.3. The molecule has 9 heteroatoms. The summed E-state index contributed by atoms with van der Waals surface area (Å²) in [6.45, 7) is 0. The lowest BCUT2D eigenvalue weighted by atomic mass is 10.1. The Morgan fingerprint density at radius 3 is 2.38 bits per heavy atom. The second-order valence-corrected chi connectivity index (χ2v) is 6.19. The average molecular weight is 379 g/mol. The number of hydrogen-bond acceptors (Lipinski definition) is 5. The number of amidine groups is 1. The average Bonchev–Trinajstić information content (AvgIpc) is 2.60. The van der Waals surface area contributed by atoms with E-state index >= 15 is 0 Å². The number of nitriles is 1. The lowest BCUT2D eigenvalue weighted by molar-refractivity contribution is -0.137. The maximum Gasteiger partial charge on any atom is 0.416 e. The van der Waals surface area contributed by atoms with Crippen LogP contribution in [-0.4, -0.2) is 30.5 Å². The first-order valence-corrected chi connectivity index (χ1v) is 8.62. The third-order valence-corrected chi connectivity index (χ3v) is 3.93. The third-order valence-electron chi connectivity index (χ3n) is 3.35. The molecule has 2 aromatic rings. The third kappa shape index (κ3) is 4.89. The summed E-state index contributed by atoms with van der Waals surface area (Å²) in [5.74, 6) is 0.222. The predicted octanol–water partition coefficient (Wildman–Crippen LogP) is 4.25. The minimum absolute atomic E-state index is 0.222. The number of alkyl halides is 3. The molecule has 0 bridgehead atoms. The fourth-order valence-corrected chi connectivity index (χ4v) is 2.40. The molecule has 0 fully saturated rings. The van der Waals surface area contributed by atoms with Crippen LogP contribution in [0.25, 0.3) is 11.3 Å². The van der Waals surface area contributed by atoms with Crippen molar-refractivity contribution in [3.05, 3.63) is 42.0 Å². The standard InChI is InChI=1S/C17H16F3N5S/c1-25(2)15-9-12(17(18,19)20)8-14(24-15)11-4-6-13(7-5-11)23-16(26-3)22-10-21/h4-9H,1-3H3,(H,22,23). The number of halogens is 3. The van der Waals surface area contributed by atoms with E-state index in [-0.39, 0.29) is 11.5 Å². The van der Waals surface area contributed by atoms with Gasteiger partial charge < -0.3 is 4.90 Å². The van der Waals surface area contributed by atoms with Crippen LogP contribution in [0, 0.1) is 11.5 Å². The molecule has 1 heterocycles. The SMILES string of the molecule is CSC(=Nc1ccc(-c2cc(C(F)(F)F)cc(N(C)C)n2)cc1)NC#N. The monoisotopic (exact) mass is 379 g/mol. The summed E-state index contributed by atoms with van der Waals surface area (Å²) in [5, 5.41) is 11.5. The Kier molecular flexibility index (Phi) is 6.10. The Bertz CT molecular complexity index is 839. The summed E-state index contributed by atoms with van der Waals surface area (Å²) in [4.78, 5) is 10.0. The van der Waals surface area contributed by atoms with Crippen molar-refractivity contribution in [3.8, 4) is 17.5 Å². The van der Waals surface area contributed by atoms with Gasteiger partial charge in [0.05, 0.1) is 16.9 Å². The van der Waals surface area contributed by atoms with Gasteiger partial charge in [-0.15, -0.1) is 0 Å². The normalized spacial score (nSPS) is 11.8. The summed E-state index contributed by atoms with van der Waals surface area (Å²) < 4.78 is 39.4. The molecule has 0 saturated carbocycles. The molecule has 0 unspecified atom stereocenters. The Balaban J connectivity index is 2.42. The molecular formula is C17H16F3N5S. The first-order valence-electron chi connectivity index (χ1n) is 7.39. The molecule has 0 radical (unpaired) electrons. The van der Waals surface area contributed by atoms with Crippen LogP contribution < -0.4 is 10.2 Å². The first-order chi connectivity index (χ1) is 12.2. The van der Waals surface area contributed by atoms with Gasteiger partial charge in [0.2, 0.25) is 0 Å². The van der Waals surface area contributed by atoms with Gasteiger partial charge in [-0.1, -0.05) is 23.9 Å². The number of pyridine rings is 1. The number of rotatable bonds is 3. The van der Waals surface area contributed by atoms with Gasteiger partial charge >= 0.3 is 6.18 Å². The molecule has 0 aliphatic carbocycles. The molecule has 5 nitrogen and oxygen atoms in total. The van der Waals surface area contributed by atoms with Crippen molar-refractivity contribution in [1.82, 2.24) is 10.3 Å². The van der Waals surface area contributed by atoms with Gasteiger partial charge in [-0.3, -0.25) is 5.32 Å². The van der Waals surface area contributed by atoms with Gasteiger partial charge in [0.15, 0.2) is 11.4 Å². The topological polar surface area (TPSA) is 64.3 Å². The molecular weight excluding hydrogens is 363 g/mol. The van der Waals surface area contributed by atoms with Crippen LogP contribution in [0.3, 0.4) is 0 Å². The van der Waals surface area contributed by atoms with Crippen molar-refractivity contribution in [3.63, 3.8) is 0 Å². The van der Waals surface area contributed by atoms with Crippen LogP contribution in [0.2, 0.25) is 0 Å². The zero-order valence-corrected chi connectivity index (χ0v) is 15.1. The minimum atomic E-state index is -4.46. The van der Waals surface area contributed by atoms with Gasteiger partial charge in [-0.05, 0) is 30.5 Å². The smallest absolute Gasteiger partial charge is 0.363 e. The lowest BCUT2D eigenvalue weighted by Crippen LogP contribution is -2.14. The second-order valence-electron chi connectivity index (χ2n) is 5.40. The molecule has 0 amide bonds. The quantitative estimate of drug-likeness (QED) is 0.374. The van der Waals surface area contributed by atoms with E-state index in [9.17, 15) is 13.2 Å². The van der Waals surface area contributed by atoms with Crippen molar-refractivity contribution in [2.45, 2.75) is 6.18 Å². The van der Waals surface area contributed by atoms with E-state index in [1.807, 2.05) is 0 Å². The van der Waals surface area contributed by atoms with Crippen LogP contribution in [0.15, 0.2) is 41.4 Å². The molecule has 1 N–H and O–H groups in total. The number of hydrogen-bond donors (Lipinski definition) is 1. The van der Waals surface area contributed by atoms with Crippen LogP contribution in [-0.2, 0) is 6.18 Å². The fourth-order valence-electron chi connectivity index (χ4n) is 2.05. The molecule has 26 heavy (non-hydrogen) atoms. The van der Waals surface area contributed by atoms with Crippen LogP contribution >= 0.6 is 11.8 Å². The van der Waals surface area contributed by atoms with Gasteiger partial charge in [-0.25, -0.2) is 9.98 Å². The molecule has 0 aliphatic rings. The van der Waals surface area contributed by atoms with E-state index in [1.54, 1.807) is 50.8 Å². The number of benzene rings is 1. The van der Waals surface area contributed by atoms with Crippen molar-refractivity contribution >= 4 is 28.4 Å². The number of aromatic nitrogens is 1. The summed E-state index contributed by atoms with van der Waals surface area (Å²) >= 11 is 1.27. The van der Waals surface area contributed by atoms with Gasteiger partial charge in [0.25, 0.3) is 0 Å². The van der Waals surface area contributed by atoms with Crippen LogP contribution in [0.4, 0.5) is 24.7 Å². The maximum atomic E-state index is 13.1. The Morgan fingerprint density at radius 1 is 1.23 bits per heavy atom. The van der Waals surface area contributed by atoms with E-state index in [2.05, 4.69) is 15.3 Å². The highest BCUT2D eigenvalue weighted by molar-refractivity contribution is 8.13. The predicted molar refractivity (Wildman–Crippen MR) is 98.4 cm³/mol. The Labute approximate surface area is 153 Å². The second kappa shape index (κ2) is 8.10.